The Bertz CT molecular complexity index is 940. The van der Waals surface area contributed by atoms with Crippen LogP contribution in [-0.4, -0.2) is 55.0 Å². The number of methoxy groups -OCH3 is 1. The van der Waals surface area contributed by atoms with Crippen LogP contribution in [-0.2, 0) is 16.0 Å². The van der Waals surface area contributed by atoms with E-state index in [1.807, 2.05) is 43.0 Å². The lowest BCUT2D eigenvalue weighted by atomic mass is 10.0. The van der Waals surface area contributed by atoms with Gasteiger partial charge in [0.25, 0.3) is 0 Å². The molecule has 1 atom stereocenters. The van der Waals surface area contributed by atoms with Gasteiger partial charge in [-0.15, -0.1) is 17.9 Å². The molecule has 1 aromatic carbocycles. The van der Waals surface area contributed by atoms with Crippen molar-refractivity contribution < 1.29 is 19.1 Å². The van der Waals surface area contributed by atoms with Crippen molar-refractivity contribution >= 4 is 23.2 Å². The smallest absolute Gasteiger partial charge is 0.242 e. The SMILES string of the molecule is C=CCN(CC(=O)N1CCc2sccc2[C@H]1COc1cccc(OC)c1)C(=O)CC(C)C. The fourth-order valence-corrected chi connectivity index (χ4v) is 4.81. The summed E-state index contributed by atoms with van der Waals surface area (Å²) in [5, 5.41) is 2.06. The van der Waals surface area contributed by atoms with Crippen molar-refractivity contribution in [2.75, 3.05) is 33.4 Å². The van der Waals surface area contributed by atoms with Crippen LogP contribution in [0.1, 0.15) is 36.8 Å². The van der Waals surface area contributed by atoms with E-state index in [-0.39, 0.29) is 30.3 Å². The Morgan fingerprint density at radius 1 is 1.31 bits per heavy atom. The van der Waals surface area contributed by atoms with Gasteiger partial charge in [0.1, 0.15) is 24.7 Å². The van der Waals surface area contributed by atoms with Gasteiger partial charge >= 0.3 is 0 Å². The Kier molecular flexibility index (Phi) is 8.33. The number of benzene rings is 1. The van der Waals surface area contributed by atoms with Crippen molar-refractivity contribution in [1.29, 1.82) is 0 Å². The molecule has 0 radical (unpaired) electrons. The van der Waals surface area contributed by atoms with Gasteiger partial charge in [-0.2, -0.15) is 0 Å². The molecule has 0 saturated heterocycles. The van der Waals surface area contributed by atoms with E-state index >= 15 is 0 Å². The van der Waals surface area contributed by atoms with Crippen LogP contribution < -0.4 is 9.47 Å². The standard InChI is InChI=1S/C25H32N2O4S/c1-5-11-26(24(28)14-18(2)3)16-25(29)27-12-9-23-21(10-13-32-23)22(27)17-31-20-8-6-7-19(15-20)30-4/h5-8,10,13,15,18,22H,1,9,11-12,14,16-17H2,2-4H3/t22-/m1/s1. The first-order valence-electron chi connectivity index (χ1n) is 10.9. The van der Waals surface area contributed by atoms with E-state index in [0.717, 1.165) is 17.7 Å². The van der Waals surface area contributed by atoms with E-state index in [1.165, 1.54) is 4.88 Å². The highest BCUT2D eigenvalue weighted by Gasteiger charge is 2.33. The molecule has 0 bridgehead atoms. The van der Waals surface area contributed by atoms with Gasteiger partial charge < -0.3 is 19.3 Å². The van der Waals surface area contributed by atoms with Crippen LogP contribution in [0.3, 0.4) is 0 Å². The maximum atomic E-state index is 13.4. The molecule has 0 fully saturated rings. The first-order chi connectivity index (χ1) is 15.4. The maximum Gasteiger partial charge on any atom is 0.242 e. The number of hydrogen-bond acceptors (Lipinski definition) is 5. The van der Waals surface area contributed by atoms with E-state index in [2.05, 4.69) is 18.0 Å². The zero-order valence-corrected chi connectivity index (χ0v) is 19.9. The first-order valence-corrected chi connectivity index (χ1v) is 11.8. The minimum absolute atomic E-state index is 0.0225. The minimum atomic E-state index is -0.200. The molecule has 3 rings (SSSR count). The van der Waals surface area contributed by atoms with Gasteiger partial charge in [-0.1, -0.05) is 26.0 Å². The van der Waals surface area contributed by atoms with Crippen molar-refractivity contribution in [1.82, 2.24) is 9.80 Å². The number of nitrogens with zero attached hydrogens (tertiary/aromatic N) is 2. The van der Waals surface area contributed by atoms with Crippen molar-refractivity contribution in [3.05, 3.63) is 58.8 Å². The lowest BCUT2D eigenvalue weighted by Gasteiger charge is -2.37. The Balaban J connectivity index is 1.76. The van der Waals surface area contributed by atoms with Crippen LogP contribution in [0.5, 0.6) is 11.5 Å². The average Bonchev–Trinajstić information content (AvgIpc) is 3.25. The monoisotopic (exact) mass is 456 g/mol. The van der Waals surface area contributed by atoms with Gasteiger partial charge in [0, 0.05) is 30.5 Å². The molecule has 2 heterocycles. The van der Waals surface area contributed by atoms with Crippen molar-refractivity contribution in [2.45, 2.75) is 32.7 Å². The molecule has 0 unspecified atom stereocenters. The molecule has 32 heavy (non-hydrogen) atoms. The molecular weight excluding hydrogens is 424 g/mol. The van der Waals surface area contributed by atoms with Gasteiger partial charge in [0.15, 0.2) is 0 Å². The normalized spacial score (nSPS) is 15.2. The van der Waals surface area contributed by atoms with Crippen molar-refractivity contribution in [3.63, 3.8) is 0 Å². The zero-order chi connectivity index (χ0) is 23.1. The van der Waals surface area contributed by atoms with Gasteiger partial charge in [-0.3, -0.25) is 9.59 Å². The molecule has 1 aliphatic heterocycles. The maximum absolute atomic E-state index is 13.4. The van der Waals surface area contributed by atoms with Crippen LogP contribution in [0.4, 0.5) is 0 Å². The van der Waals surface area contributed by atoms with Gasteiger partial charge in [0.05, 0.1) is 13.2 Å². The summed E-state index contributed by atoms with van der Waals surface area (Å²) in [7, 11) is 1.62. The summed E-state index contributed by atoms with van der Waals surface area (Å²) in [6.45, 7) is 9.11. The Morgan fingerprint density at radius 2 is 2.09 bits per heavy atom. The Labute approximate surface area is 194 Å². The van der Waals surface area contributed by atoms with Crippen LogP contribution in [0.2, 0.25) is 0 Å². The summed E-state index contributed by atoms with van der Waals surface area (Å²) in [6.07, 6.45) is 2.90. The third kappa shape index (κ3) is 5.91. The van der Waals surface area contributed by atoms with Crippen LogP contribution in [0.25, 0.3) is 0 Å². The topological polar surface area (TPSA) is 59.1 Å². The largest absolute Gasteiger partial charge is 0.497 e. The number of amides is 2. The highest BCUT2D eigenvalue weighted by atomic mass is 32.1. The fraction of sp³-hybridized carbons (Fsp3) is 0.440. The van der Waals surface area contributed by atoms with E-state index in [1.54, 1.807) is 29.4 Å². The second-order valence-corrected chi connectivity index (χ2v) is 9.30. The number of carbonyl (C=O) groups excluding carboxylic acids is 2. The molecule has 0 N–H and O–H groups in total. The Hall–Kier alpha value is -2.80. The molecule has 172 valence electrons. The molecular formula is C25H32N2O4S. The van der Waals surface area contributed by atoms with Crippen LogP contribution in [0, 0.1) is 5.92 Å². The second kappa shape index (κ2) is 11.2. The summed E-state index contributed by atoms with van der Waals surface area (Å²) < 4.78 is 11.4. The molecule has 0 spiro atoms. The van der Waals surface area contributed by atoms with Crippen LogP contribution >= 0.6 is 11.3 Å². The quantitative estimate of drug-likeness (QED) is 0.500. The number of fused-ring (bicyclic) bond motifs is 1. The second-order valence-electron chi connectivity index (χ2n) is 8.30. The van der Waals surface area contributed by atoms with Crippen LogP contribution in [0.15, 0.2) is 48.4 Å². The summed E-state index contributed by atoms with van der Waals surface area (Å²) >= 11 is 1.71. The van der Waals surface area contributed by atoms with E-state index in [0.29, 0.717) is 31.9 Å². The van der Waals surface area contributed by atoms with E-state index < -0.39 is 0 Å². The molecule has 7 heteroatoms. The number of ether oxygens (including phenoxy) is 2. The lowest BCUT2D eigenvalue weighted by Crippen LogP contribution is -2.48. The van der Waals surface area contributed by atoms with E-state index in [4.69, 9.17) is 9.47 Å². The summed E-state index contributed by atoms with van der Waals surface area (Å²) in [5.41, 5.74) is 1.13. The number of hydrogen-bond donors (Lipinski definition) is 0. The van der Waals surface area contributed by atoms with Gasteiger partial charge in [-0.05, 0) is 41.5 Å². The predicted molar refractivity (Wildman–Crippen MR) is 127 cm³/mol. The average molecular weight is 457 g/mol. The first kappa shape index (κ1) is 23.9. The number of carbonyl (C=O) groups is 2. The molecule has 6 nitrogen and oxygen atoms in total. The highest BCUT2D eigenvalue weighted by molar-refractivity contribution is 7.10. The molecule has 2 amide bonds. The van der Waals surface area contributed by atoms with Gasteiger partial charge in [-0.25, -0.2) is 0 Å². The summed E-state index contributed by atoms with van der Waals surface area (Å²) in [5.74, 6) is 1.56. The molecule has 1 aromatic heterocycles. The summed E-state index contributed by atoms with van der Waals surface area (Å²) in [4.78, 5) is 30.7. The molecule has 1 aliphatic rings. The Morgan fingerprint density at radius 3 is 2.81 bits per heavy atom. The van der Waals surface area contributed by atoms with E-state index in [9.17, 15) is 9.59 Å². The zero-order valence-electron chi connectivity index (χ0n) is 19.1. The third-order valence-corrected chi connectivity index (χ3v) is 6.47. The molecule has 0 aliphatic carbocycles. The molecule has 2 aromatic rings. The van der Waals surface area contributed by atoms with Gasteiger partial charge in [0.2, 0.25) is 11.8 Å². The third-order valence-electron chi connectivity index (χ3n) is 5.48. The lowest BCUT2D eigenvalue weighted by molar-refractivity contribution is -0.142. The minimum Gasteiger partial charge on any atom is -0.497 e. The summed E-state index contributed by atoms with van der Waals surface area (Å²) in [6, 6.07) is 9.33. The predicted octanol–water partition coefficient (Wildman–Crippen LogP) is 4.32. The number of thiophene rings is 1. The van der Waals surface area contributed by atoms with Crippen molar-refractivity contribution in [3.8, 4) is 11.5 Å². The fourth-order valence-electron chi connectivity index (χ4n) is 3.88. The highest BCUT2D eigenvalue weighted by Crippen LogP contribution is 2.34. The van der Waals surface area contributed by atoms with Crippen molar-refractivity contribution in [2.24, 2.45) is 5.92 Å². The number of rotatable bonds is 10. The molecule has 0 saturated carbocycles.